The molecule has 2 aromatic rings. The number of aromatic nitrogens is 2. The highest BCUT2D eigenvalue weighted by Gasteiger charge is 2.09. The fourth-order valence-electron chi connectivity index (χ4n) is 2.59. The van der Waals surface area contributed by atoms with Crippen LogP contribution in [0.2, 0.25) is 0 Å². The van der Waals surface area contributed by atoms with E-state index in [0.29, 0.717) is 6.04 Å². The van der Waals surface area contributed by atoms with Crippen molar-refractivity contribution < 1.29 is 0 Å². The summed E-state index contributed by atoms with van der Waals surface area (Å²) >= 11 is 0. The highest BCUT2D eigenvalue weighted by atomic mass is 15.2. The van der Waals surface area contributed by atoms with Crippen LogP contribution in [0.1, 0.15) is 40.8 Å². The molecule has 0 aliphatic rings. The number of nitrogens with zero attached hydrogens (tertiary/aromatic N) is 2. The van der Waals surface area contributed by atoms with Gasteiger partial charge >= 0.3 is 0 Å². The van der Waals surface area contributed by atoms with Crippen LogP contribution in [0.25, 0.3) is 0 Å². The molecule has 0 radical (unpaired) electrons. The van der Waals surface area contributed by atoms with Crippen molar-refractivity contribution in [3.8, 4) is 0 Å². The Morgan fingerprint density at radius 3 is 2.50 bits per heavy atom. The third-order valence-corrected chi connectivity index (χ3v) is 3.97. The Hall–Kier alpha value is -1.61. The Kier molecular flexibility index (Phi) is 4.61. The van der Waals surface area contributed by atoms with Gasteiger partial charge in [-0.15, -0.1) is 0 Å². The van der Waals surface area contributed by atoms with E-state index >= 15 is 0 Å². The summed E-state index contributed by atoms with van der Waals surface area (Å²) in [6.07, 6.45) is 5.03. The molecule has 1 aromatic carbocycles. The van der Waals surface area contributed by atoms with Gasteiger partial charge < -0.3 is 5.32 Å². The zero-order valence-corrected chi connectivity index (χ0v) is 13.2. The fraction of sp³-hybridized carbons (Fsp3) is 0.471. The molecular formula is C17H25N3. The van der Waals surface area contributed by atoms with Gasteiger partial charge in [0.05, 0.1) is 6.20 Å². The van der Waals surface area contributed by atoms with Crippen LogP contribution in [0.5, 0.6) is 0 Å². The average molecular weight is 271 g/mol. The van der Waals surface area contributed by atoms with E-state index < -0.39 is 0 Å². The topological polar surface area (TPSA) is 29.9 Å². The van der Waals surface area contributed by atoms with Crippen LogP contribution in [0.3, 0.4) is 0 Å². The van der Waals surface area contributed by atoms with Crippen molar-refractivity contribution in [2.75, 3.05) is 6.54 Å². The summed E-state index contributed by atoms with van der Waals surface area (Å²) in [6.45, 7) is 9.76. The number of hydrogen-bond acceptors (Lipinski definition) is 2. The van der Waals surface area contributed by atoms with Crippen molar-refractivity contribution in [3.05, 3.63) is 52.3 Å². The number of rotatable bonds is 5. The van der Waals surface area contributed by atoms with E-state index in [9.17, 15) is 0 Å². The second-order valence-electron chi connectivity index (χ2n) is 5.74. The van der Waals surface area contributed by atoms with Gasteiger partial charge in [-0.05, 0) is 68.5 Å². The van der Waals surface area contributed by atoms with E-state index in [1.165, 1.54) is 27.8 Å². The van der Waals surface area contributed by atoms with Crippen molar-refractivity contribution in [2.45, 2.75) is 40.2 Å². The first kappa shape index (κ1) is 14.8. The van der Waals surface area contributed by atoms with E-state index in [-0.39, 0.29) is 0 Å². The minimum Gasteiger partial charge on any atom is -0.310 e. The van der Waals surface area contributed by atoms with Gasteiger partial charge in [0.2, 0.25) is 0 Å². The van der Waals surface area contributed by atoms with Gasteiger partial charge in [-0.3, -0.25) is 4.68 Å². The Bertz CT molecular complexity index is 584. The van der Waals surface area contributed by atoms with Gasteiger partial charge in [0.1, 0.15) is 0 Å². The van der Waals surface area contributed by atoms with Gasteiger partial charge in [0, 0.05) is 19.3 Å². The SMILES string of the molecule is Cc1cc(C)c(C(C)NCCc2cnn(C)c2)cc1C. The minimum absolute atomic E-state index is 0.381. The lowest BCUT2D eigenvalue weighted by molar-refractivity contribution is 0.574. The maximum Gasteiger partial charge on any atom is 0.0522 e. The summed E-state index contributed by atoms with van der Waals surface area (Å²) < 4.78 is 1.85. The van der Waals surface area contributed by atoms with E-state index in [2.05, 4.69) is 56.4 Å². The van der Waals surface area contributed by atoms with Crippen LogP contribution >= 0.6 is 0 Å². The van der Waals surface area contributed by atoms with Gasteiger partial charge in [-0.25, -0.2) is 0 Å². The van der Waals surface area contributed by atoms with Crippen LogP contribution in [0.15, 0.2) is 24.5 Å². The molecule has 0 saturated carbocycles. The molecule has 0 aliphatic heterocycles. The molecule has 0 amide bonds. The molecular weight excluding hydrogens is 246 g/mol. The monoisotopic (exact) mass is 271 g/mol. The van der Waals surface area contributed by atoms with Gasteiger partial charge in [0.25, 0.3) is 0 Å². The smallest absolute Gasteiger partial charge is 0.0522 e. The summed E-state index contributed by atoms with van der Waals surface area (Å²) in [4.78, 5) is 0. The molecule has 0 aliphatic carbocycles. The van der Waals surface area contributed by atoms with Crippen LogP contribution < -0.4 is 5.32 Å². The van der Waals surface area contributed by atoms with Gasteiger partial charge in [0.15, 0.2) is 0 Å². The first-order chi connectivity index (χ1) is 9.47. The molecule has 3 nitrogen and oxygen atoms in total. The summed E-state index contributed by atoms with van der Waals surface area (Å²) in [5, 5.41) is 7.80. The molecule has 1 atom stereocenters. The number of benzene rings is 1. The fourth-order valence-corrected chi connectivity index (χ4v) is 2.59. The van der Waals surface area contributed by atoms with Gasteiger partial charge in [-0.2, -0.15) is 5.10 Å². The second-order valence-corrected chi connectivity index (χ2v) is 5.74. The molecule has 1 N–H and O–H groups in total. The Morgan fingerprint density at radius 2 is 1.85 bits per heavy atom. The Labute approximate surface area is 122 Å². The van der Waals surface area contributed by atoms with E-state index in [0.717, 1.165) is 13.0 Å². The first-order valence-electron chi connectivity index (χ1n) is 7.26. The average Bonchev–Trinajstić information content (AvgIpc) is 2.79. The van der Waals surface area contributed by atoms with Crippen molar-refractivity contribution >= 4 is 0 Å². The predicted molar refractivity (Wildman–Crippen MR) is 84.0 cm³/mol. The molecule has 20 heavy (non-hydrogen) atoms. The molecule has 1 heterocycles. The molecule has 0 saturated heterocycles. The molecule has 2 rings (SSSR count). The third-order valence-electron chi connectivity index (χ3n) is 3.97. The Morgan fingerprint density at radius 1 is 1.15 bits per heavy atom. The molecule has 0 bridgehead atoms. The molecule has 1 unspecified atom stereocenters. The van der Waals surface area contributed by atoms with Crippen molar-refractivity contribution in [2.24, 2.45) is 7.05 Å². The Balaban J connectivity index is 1.95. The lowest BCUT2D eigenvalue weighted by atomic mass is 9.96. The zero-order chi connectivity index (χ0) is 14.7. The zero-order valence-electron chi connectivity index (χ0n) is 13.2. The number of aryl methyl sites for hydroxylation is 4. The quantitative estimate of drug-likeness (QED) is 0.904. The molecule has 0 spiro atoms. The summed E-state index contributed by atoms with van der Waals surface area (Å²) in [6, 6.07) is 4.97. The minimum atomic E-state index is 0.381. The summed E-state index contributed by atoms with van der Waals surface area (Å²) in [5.41, 5.74) is 6.79. The molecule has 108 valence electrons. The predicted octanol–water partition coefficient (Wildman–Crippen LogP) is 3.24. The van der Waals surface area contributed by atoms with Crippen LogP contribution in [0, 0.1) is 20.8 Å². The van der Waals surface area contributed by atoms with Gasteiger partial charge in [-0.1, -0.05) is 12.1 Å². The van der Waals surface area contributed by atoms with E-state index in [1.54, 1.807) is 0 Å². The normalized spacial score (nSPS) is 12.7. The van der Waals surface area contributed by atoms with E-state index in [1.807, 2.05) is 17.9 Å². The molecule has 3 heteroatoms. The summed E-state index contributed by atoms with van der Waals surface area (Å²) in [7, 11) is 1.96. The van der Waals surface area contributed by atoms with E-state index in [4.69, 9.17) is 0 Å². The van der Waals surface area contributed by atoms with Crippen LogP contribution in [-0.4, -0.2) is 16.3 Å². The largest absolute Gasteiger partial charge is 0.310 e. The maximum atomic E-state index is 4.20. The molecule has 1 aromatic heterocycles. The third kappa shape index (κ3) is 3.48. The molecule has 0 fully saturated rings. The highest BCUT2D eigenvalue weighted by Crippen LogP contribution is 2.21. The lowest BCUT2D eigenvalue weighted by Gasteiger charge is -2.18. The lowest BCUT2D eigenvalue weighted by Crippen LogP contribution is -2.22. The van der Waals surface area contributed by atoms with Crippen molar-refractivity contribution in [3.63, 3.8) is 0 Å². The van der Waals surface area contributed by atoms with Crippen LogP contribution in [-0.2, 0) is 13.5 Å². The maximum absolute atomic E-state index is 4.20. The standard InChI is InChI=1S/C17H25N3/c1-12-8-14(3)17(9-13(12)2)15(4)18-7-6-16-10-19-20(5)11-16/h8-11,15,18H,6-7H2,1-5H3. The second kappa shape index (κ2) is 6.23. The number of nitrogens with one attached hydrogen (secondary N) is 1. The van der Waals surface area contributed by atoms with Crippen molar-refractivity contribution in [1.82, 2.24) is 15.1 Å². The summed E-state index contributed by atoms with van der Waals surface area (Å²) in [5.74, 6) is 0. The van der Waals surface area contributed by atoms with Crippen LogP contribution in [0.4, 0.5) is 0 Å². The number of hydrogen-bond donors (Lipinski definition) is 1. The van der Waals surface area contributed by atoms with Crippen molar-refractivity contribution in [1.29, 1.82) is 0 Å². The first-order valence-corrected chi connectivity index (χ1v) is 7.26. The highest BCUT2D eigenvalue weighted by molar-refractivity contribution is 5.38.